The van der Waals surface area contributed by atoms with Crippen LogP contribution in [0.15, 0.2) is 59.6 Å². The van der Waals surface area contributed by atoms with Gasteiger partial charge in [0.05, 0.1) is 18.5 Å². The van der Waals surface area contributed by atoms with Crippen LogP contribution in [-0.4, -0.2) is 55.2 Å². The van der Waals surface area contributed by atoms with Crippen LogP contribution in [0.5, 0.6) is 5.75 Å². The van der Waals surface area contributed by atoms with Crippen molar-refractivity contribution in [1.82, 2.24) is 19.4 Å². The summed E-state index contributed by atoms with van der Waals surface area (Å²) in [6.07, 6.45) is 5.21. The molecular weight excluding hydrogens is 452 g/mol. The van der Waals surface area contributed by atoms with E-state index in [0.717, 1.165) is 42.6 Å². The van der Waals surface area contributed by atoms with E-state index in [1.54, 1.807) is 12.1 Å². The summed E-state index contributed by atoms with van der Waals surface area (Å²) < 4.78 is 34.7. The number of amides is 1. The molecule has 4 rings (SSSR count). The molecule has 34 heavy (non-hydrogen) atoms. The normalized spacial score (nSPS) is 14.3. The van der Waals surface area contributed by atoms with Gasteiger partial charge in [0.25, 0.3) is 5.91 Å². The van der Waals surface area contributed by atoms with Gasteiger partial charge in [-0.1, -0.05) is 18.2 Å². The van der Waals surface area contributed by atoms with Crippen LogP contribution in [0.25, 0.3) is 5.69 Å². The molecule has 1 saturated heterocycles. The van der Waals surface area contributed by atoms with Crippen molar-refractivity contribution in [2.24, 2.45) is 0 Å². The quantitative estimate of drug-likeness (QED) is 0.472. The standard InChI is InChI=1S/C25H30N4O4S/c1-19-21(18-29(27-19)22-10-4-3-5-11-22)9-8-14-26-25(30)20-12-13-23(33-2)24(17-20)34(31,32)28-15-6-7-16-28/h3-5,10-13,17-18H,6-9,14-16H2,1-2H3,(H,26,30). The predicted molar refractivity (Wildman–Crippen MR) is 130 cm³/mol. The highest BCUT2D eigenvalue weighted by Gasteiger charge is 2.30. The Balaban J connectivity index is 1.38. The van der Waals surface area contributed by atoms with E-state index in [-0.39, 0.29) is 16.6 Å². The second kappa shape index (κ2) is 10.4. The molecule has 8 nitrogen and oxygen atoms in total. The van der Waals surface area contributed by atoms with E-state index >= 15 is 0 Å². The van der Waals surface area contributed by atoms with Crippen LogP contribution >= 0.6 is 0 Å². The molecule has 1 aliphatic heterocycles. The molecule has 0 saturated carbocycles. The van der Waals surface area contributed by atoms with Gasteiger partial charge in [0.1, 0.15) is 10.6 Å². The van der Waals surface area contributed by atoms with E-state index in [1.165, 1.54) is 17.5 Å². The maximum Gasteiger partial charge on any atom is 0.251 e. The number of carbonyl (C=O) groups is 1. The SMILES string of the molecule is COc1ccc(C(=O)NCCCc2cn(-c3ccccc3)nc2C)cc1S(=O)(=O)N1CCCC1. The van der Waals surface area contributed by atoms with Crippen molar-refractivity contribution in [3.05, 3.63) is 71.5 Å². The highest BCUT2D eigenvalue weighted by molar-refractivity contribution is 7.89. The molecule has 0 atom stereocenters. The molecule has 3 aromatic rings. The van der Waals surface area contributed by atoms with Crippen molar-refractivity contribution in [3.8, 4) is 11.4 Å². The molecule has 0 unspecified atom stereocenters. The largest absolute Gasteiger partial charge is 0.495 e. The Morgan fingerprint density at radius 3 is 2.56 bits per heavy atom. The first-order valence-corrected chi connectivity index (χ1v) is 12.9. The highest BCUT2D eigenvalue weighted by Crippen LogP contribution is 2.29. The number of para-hydroxylation sites is 1. The number of ether oxygens (including phenoxy) is 1. The molecule has 0 aliphatic carbocycles. The third-order valence-corrected chi connectivity index (χ3v) is 7.96. The molecule has 1 amide bonds. The van der Waals surface area contributed by atoms with Crippen LogP contribution in [-0.2, 0) is 16.4 Å². The first kappa shape index (κ1) is 24.0. The molecule has 2 aromatic carbocycles. The number of nitrogens with zero attached hydrogens (tertiary/aromatic N) is 3. The fraction of sp³-hybridized carbons (Fsp3) is 0.360. The number of rotatable bonds is 9. The maximum atomic E-state index is 13.0. The van der Waals surface area contributed by atoms with E-state index in [4.69, 9.17) is 4.74 Å². The van der Waals surface area contributed by atoms with Crippen molar-refractivity contribution in [2.75, 3.05) is 26.7 Å². The summed E-state index contributed by atoms with van der Waals surface area (Å²) in [4.78, 5) is 12.8. The average molecular weight is 483 g/mol. The number of nitrogens with one attached hydrogen (secondary N) is 1. The van der Waals surface area contributed by atoms with Gasteiger partial charge in [0.15, 0.2) is 0 Å². The number of carbonyl (C=O) groups excluding carboxylic acids is 1. The molecule has 0 bridgehead atoms. The van der Waals surface area contributed by atoms with E-state index in [0.29, 0.717) is 25.2 Å². The molecule has 0 spiro atoms. The molecule has 9 heteroatoms. The van der Waals surface area contributed by atoms with Gasteiger partial charge in [-0.25, -0.2) is 13.1 Å². The summed E-state index contributed by atoms with van der Waals surface area (Å²) in [5, 5.41) is 7.48. The van der Waals surface area contributed by atoms with E-state index in [9.17, 15) is 13.2 Å². The summed E-state index contributed by atoms with van der Waals surface area (Å²) in [5.74, 6) is -0.0634. The number of benzene rings is 2. The Morgan fingerprint density at radius 2 is 1.85 bits per heavy atom. The zero-order valence-electron chi connectivity index (χ0n) is 19.5. The highest BCUT2D eigenvalue weighted by atomic mass is 32.2. The number of hydrogen-bond acceptors (Lipinski definition) is 5. The number of aryl methyl sites for hydroxylation is 2. The molecule has 2 heterocycles. The van der Waals surface area contributed by atoms with Crippen molar-refractivity contribution in [3.63, 3.8) is 0 Å². The summed E-state index contributed by atoms with van der Waals surface area (Å²) in [5.41, 5.74) is 3.39. The Hall–Kier alpha value is -3.17. The molecule has 1 aromatic heterocycles. The minimum absolute atomic E-state index is 0.0356. The van der Waals surface area contributed by atoms with Gasteiger partial charge in [-0.15, -0.1) is 0 Å². The van der Waals surface area contributed by atoms with Crippen LogP contribution in [0.4, 0.5) is 0 Å². The number of aromatic nitrogens is 2. The van der Waals surface area contributed by atoms with E-state index in [2.05, 4.69) is 10.4 Å². The fourth-order valence-electron chi connectivity index (χ4n) is 4.12. The zero-order valence-corrected chi connectivity index (χ0v) is 20.3. The van der Waals surface area contributed by atoms with Crippen LogP contribution in [0.3, 0.4) is 0 Å². The molecular formula is C25H30N4O4S. The van der Waals surface area contributed by atoms with Crippen LogP contribution in [0, 0.1) is 6.92 Å². The minimum atomic E-state index is -3.70. The Kier molecular flexibility index (Phi) is 7.33. The Labute approximate surface area is 200 Å². The van der Waals surface area contributed by atoms with Crippen molar-refractivity contribution < 1.29 is 17.9 Å². The van der Waals surface area contributed by atoms with E-state index < -0.39 is 10.0 Å². The number of hydrogen-bond donors (Lipinski definition) is 1. The summed E-state index contributed by atoms with van der Waals surface area (Å²) >= 11 is 0. The monoisotopic (exact) mass is 482 g/mol. The first-order chi connectivity index (χ1) is 16.4. The summed E-state index contributed by atoms with van der Waals surface area (Å²) in [6, 6.07) is 14.5. The fourth-order valence-corrected chi connectivity index (χ4v) is 5.82. The zero-order chi connectivity index (χ0) is 24.1. The third kappa shape index (κ3) is 5.15. The predicted octanol–water partition coefficient (Wildman–Crippen LogP) is 3.34. The third-order valence-electron chi connectivity index (χ3n) is 6.04. The van der Waals surface area contributed by atoms with Gasteiger partial charge >= 0.3 is 0 Å². The summed E-state index contributed by atoms with van der Waals surface area (Å²) in [7, 11) is -2.27. The van der Waals surface area contributed by atoms with Gasteiger partial charge in [-0.05, 0) is 68.5 Å². The first-order valence-electron chi connectivity index (χ1n) is 11.5. The summed E-state index contributed by atoms with van der Waals surface area (Å²) in [6.45, 7) is 3.42. The lowest BCUT2D eigenvalue weighted by atomic mass is 10.1. The average Bonchev–Trinajstić information content (AvgIpc) is 3.53. The maximum absolute atomic E-state index is 13.0. The van der Waals surface area contributed by atoms with Gasteiger partial charge in [0, 0.05) is 31.4 Å². The van der Waals surface area contributed by atoms with Crippen molar-refractivity contribution in [2.45, 2.75) is 37.5 Å². The van der Waals surface area contributed by atoms with Crippen LogP contribution in [0.1, 0.15) is 40.9 Å². The second-order valence-electron chi connectivity index (χ2n) is 8.36. The van der Waals surface area contributed by atoms with Crippen molar-refractivity contribution >= 4 is 15.9 Å². The number of sulfonamides is 1. The van der Waals surface area contributed by atoms with E-state index in [1.807, 2.05) is 48.1 Å². The van der Waals surface area contributed by atoms with Gasteiger partial charge in [-0.3, -0.25) is 4.79 Å². The van der Waals surface area contributed by atoms with Crippen LogP contribution in [0.2, 0.25) is 0 Å². The molecule has 1 aliphatic rings. The minimum Gasteiger partial charge on any atom is -0.495 e. The van der Waals surface area contributed by atoms with Gasteiger partial charge in [-0.2, -0.15) is 9.40 Å². The van der Waals surface area contributed by atoms with Gasteiger partial charge in [0.2, 0.25) is 10.0 Å². The number of methoxy groups -OCH3 is 1. The molecule has 0 radical (unpaired) electrons. The lowest BCUT2D eigenvalue weighted by Crippen LogP contribution is -2.29. The Morgan fingerprint density at radius 1 is 1.12 bits per heavy atom. The topological polar surface area (TPSA) is 93.5 Å². The van der Waals surface area contributed by atoms with Crippen molar-refractivity contribution in [1.29, 1.82) is 0 Å². The second-order valence-corrected chi connectivity index (χ2v) is 10.3. The lowest BCUT2D eigenvalue weighted by Gasteiger charge is -2.18. The molecule has 180 valence electrons. The Bertz CT molecular complexity index is 1250. The van der Waals surface area contributed by atoms with Gasteiger partial charge < -0.3 is 10.1 Å². The molecule has 1 N–H and O–H groups in total. The smallest absolute Gasteiger partial charge is 0.251 e. The lowest BCUT2D eigenvalue weighted by molar-refractivity contribution is 0.0953. The van der Waals surface area contributed by atoms with Crippen LogP contribution < -0.4 is 10.1 Å². The molecule has 1 fully saturated rings.